The zero-order valence-corrected chi connectivity index (χ0v) is 13.8. The Kier molecular flexibility index (Phi) is 4.67. The molecule has 3 rings (SSSR count). The van der Waals surface area contributed by atoms with Crippen molar-refractivity contribution in [3.8, 4) is 0 Å². The van der Waals surface area contributed by atoms with Crippen molar-refractivity contribution in [1.29, 1.82) is 0 Å². The molecule has 0 bridgehead atoms. The number of carbonyl (C=O) groups excluding carboxylic acids is 2. The van der Waals surface area contributed by atoms with Gasteiger partial charge in [0.1, 0.15) is 5.02 Å². The fourth-order valence-corrected chi connectivity index (χ4v) is 2.89. The number of anilines is 2. The Labute approximate surface area is 148 Å². The summed E-state index contributed by atoms with van der Waals surface area (Å²) in [6.07, 6.45) is 1.25. The second-order valence-corrected chi connectivity index (χ2v) is 5.95. The van der Waals surface area contributed by atoms with Crippen molar-refractivity contribution in [1.82, 2.24) is 0 Å². The minimum atomic E-state index is -0.643. The minimum absolute atomic E-state index is 0.00355. The Balaban J connectivity index is 1.88. The van der Waals surface area contributed by atoms with E-state index in [1.54, 1.807) is 29.2 Å². The van der Waals surface area contributed by atoms with E-state index in [9.17, 15) is 19.7 Å². The molecule has 1 saturated heterocycles. The number of halogens is 1. The SMILES string of the molecule is O=C(Nc1ccccc1N1CCCC1=O)c1ccc(Cl)c([N+](=O)[O-])c1. The van der Waals surface area contributed by atoms with E-state index in [1.165, 1.54) is 12.1 Å². The molecule has 128 valence electrons. The highest BCUT2D eigenvalue weighted by molar-refractivity contribution is 6.32. The van der Waals surface area contributed by atoms with Crippen LogP contribution >= 0.6 is 11.6 Å². The van der Waals surface area contributed by atoms with Crippen molar-refractivity contribution >= 4 is 40.5 Å². The van der Waals surface area contributed by atoms with Crippen molar-refractivity contribution < 1.29 is 14.5 Å². The molecular weight excluding hydrogens is 346 g/mol. The van der Waals surface area contributed by atoms with Crippen molar-refractivity contribution in [2.75, 3.05) is 16.8 Å². The Bertz CT molecular complexity index is 869. The van der Waals surface area contributed by atoms with E-state index in [4.69, 9.17) is 11.6 Å². The summed E-state index contributed by atoms with van der Waals surface area (Å²) < 4.78 is 0. The summed E-state index contributed by atoms with van der Waals surface area (Å²) in [7, 11) is 0. The number of carbonyl (C=O) groups is 2. The topological polar surface area (TPSA) is 92.6 Å². The summed E-state index contributed by atoms with van der Waals surface area (Å²) in [5.41, 5.74) is 0.859. The first kappa shape index (κ1) is 16.9. The number of nitrogens with one attached hydrogen (secondary N) is 1. The Morgan fingerprint density at radius 3 is 2.68 bits per heavy atom. The third-order valence-electron chi connectivity index (χ3n) is 3.92. The predicted molar refractivity (Wildman–Crippen MR) is 94.1 cm³/mol. The first-order valence-electron chi connectivity index (χ1n) is 7.62. The maximum absolute atomic E-state index is 12.5. The molecule has 0 saturated carbocycles. The van der Waals surface area contributed by atoms with Crippen LogP contribution in [0.25, 0.3) is 0 Å². The summed E-state index contributed by atoms with van der Waals surface area (Å²) in [6, 6.07) is 10.8. The summed E-state index contributed by atoms with van der Waals surface area (Å²) >= 11 is 5.77. The molecule has 0 aliphatic carbocycles. The zero-order chi connectivity index (χ0) is 18.0. The Morgan fingerprint density at radius 2 is 2.00 bits per heavy atom. The van der Waals surface area contributed by atoms with Crippen molar-refractivity contribution in [2.24, 2.45) is 0 Å². The molecule has 1 aliphatic heterocycles. The number of nitrogens with zero attached hydrogens (tertiary/aromatic N) is 2. The van der Waals surface area contributed by atoms with E-state index in [0.717, 1.165) is 12.5 Å². The number of nitro benzene ring substituents is 1. The van der Waals surface area contributed by atoms with Gasteiger partial charge < -0.3 is 10.2 Å². The van der Waals surface area contributed by atoms with E-state index in [2.05, 4.69) is 5.32 Å². The monoisotopic (exact) mass is 359 g/mol. The molecular formula is C17H14ClN3O4. The van der Waals surface area contributed by atoms with Crippen LogP contribution in [-0.4, -0.2) is 23.3 Å². The van der Waals surface area contributed by atoms with Crippen LogP contribution in [0.5, 0.6) is 0 Å². The highest BCUT2D eigenvalue weighted by Crippen LogP contribution is 2.30. The molecule has 0 atom stereocenters. The van der Waals surface area contributed by atoms with Crippen LogP contribution in [0.2, 0.25) is 5.02 Å². The lowest BCUT2D eigenvalue weighted by atomic mass is 10.1. The van der Waals surface area contributed by atoms with Gasteiger partial charge in [0, 0.05) is 24.6 Å². The van der Waals surface area contributed by atoms with Crippen molar-refractivity contribution in [3.63, 3.8) is 0 Å². The average Bonchev–Trinajstić information content (AvgIpc) is 3.01. The zero-order valence-electron chi connectivity index (χ0n) is 13.1. The molecule has 1 fully saturated rings. The van der Waals surface area contributed by atoms with Crippen LogP contribution in [0.15, 0.2) is 42.5 Å². The van der Waals surface area contributed by atoms with Gasteiger partial charge in [0.05, 0.1) is 16.3 Å². The second kappa shape index (κ2) is 6.90. The lowest BCUT2D eigenvalue weighted by Crippen LogP contribution is -2.25. The molecule has 0 aromatic heterocycles. The summed E-state index contributed by atoms with van der Waals surface area (Å²) in [5, 5.41) is 13.6. The first-order chi connectivity index (χ1) is 12.0. The normalized spacial score (nSPS) is 13.8. The van der Waals surface area contributed by atoms with Crippen LogP contribution < -0.4 is 10.2 Å². The Morgan fingerprint density at radius 1 is 1.24 bits per heavy atom. The van der Waals surface area contributed by atoms with Gasteiger partial charge in [-0.2, -0.15) is 0 Å². The number of hydrogen-bond acceptors (Lipinski definition) is 4. The quantitative estimate of drug-likeness (QED) is 0.666. The molecule has 2 amide bonds. The van der Waals surface area contributed by atoms with Gasteiger partial charge in [0.15, 0.2) is 0 Å². The third-order valence-corrected chi connectivity index (χ3v) is 4.24. The maximum atomic E-state index is 12.5. The van der Waals surface area contributed by atoms with E-state index >= 15 is 0 Å². The van der Waals surface area contributed by atoms with Gasteiger partial charge in [0.2, 0.25) is 5.91 Å². The van der Waals surface area contributed by atoms with Crippen LogP contribution in [0.3, 0.4) is 0 Å². The largest absolute Gasteiger partial charge is 0.320 e. The highest BCUT2D eigenvalue weighted by Gasteiger charge is 2.24. The molecule has 1 N–H and O–H groups in total. The highest BCUT2D eigenvalue weighted by atomic mass is 35.5. The molecule has 0 spiro atoms. The van der Waals surface area contributed by atoms with E-state index < -0.39 is 10.8 Å². The number of rotatable bonds is 4. The Hall–Kier alpha value is -2.93. The molecule has 0 unspecified atom stereocenters. The standard InChI is InChI=1S/C17H14ClN3O4/c18-12-8-7-11(10-15(12)21(24)25)17(23)19-13-4-1-2-5-14(13)20-9-3-6-16(20)22/h1-2,4-5,7-8,10H,3,6,9H2,(H,19,23). The fraction of sp³-hybridized carbons (Fsp3) is 0.176. The van der Waals surface area contributed by atoms with Gasteiger partial charge in [0.25, 0.3) is 11.6 Å². The molecule has 2 aromatic carbocycles. The number of amides is 2. The molecule has 2 aromatic rings. The van der Waals surface area contributed by atoms with E-state index in [-0.39, 0.29) is 22.2 Å². The molecule has 7 nitrogen and oxygen atoms in total. The van der Waals surface area contributed by atoms with Crippen LogP contribution in [0.1, 0.15) is 23.2 Å². The lowest BCUT2D eigenvalue weighted by molar-refractivity contribution is -0.384. The number of para-hydroxylation sites is 2. The molecule has 1 aliphatic rings. The van der Waals surface area contributed by atoms with Gasteiger partial charge >= 0.3 is 0 Å². The third kappa shape index (κ3) is 3.46. The maximum Gasteiger partial charge on any atom is 0.288 e. The van der Waals surface area contributed by atoms with E-state index in [1.807, 2.05) is 0 Å². The van der Waals surface area contributed by atoms with Crippen molar-refractivity contribution in [3.05, 3.63) is 63.2 Å². The fourth-order valence-electron chi connectivity index (χ4n) is 2.71. The van der Waals surface area contributed by atoms with Gasteiger partial charge in [-0.3, -0.25) is 19.7 Å². The van der Waals surface area contributed by atoms with Crippen LogP contribution in [-0.2, 0) is 4.79 Å². The molecule has 1 heterocycles. The predicted octanol–water partition coefficient (Wildman–Crippen LogP) is 3.63. The molecule has 8 heteroatoms. The second-order valence-electron chi connectivity index (χ2n) is 5.54. The van der Waals surface area contributed by atoms with Gasteiger partial charge in [-0.05, 0) is 30.7 Å². The van der Waals surface area contributed by atoms with Crippen molar-refractivity contribution in [2.45, 2.75) is 12.8 Å². The molecule has 25 heavy (non-hydrogen) atoms. The first-order valence-corrected chi connectivity index (χ1v) is 8.00. The van der Waals surface area contributed by atoms with Gasteiger partial charge in [-0.1, -0.05) is 23.7 Å². The molecule has 0 radical (unpaired) electrons. The smallest absolute Gasteiger partial charge is 0.288 e. The van der Waals surface area contributed by atoms with E-state index in [0.29, 0.717) is 24.3 Å². The summed E-state index contributed by atoms with van der Waals surface area (Å²) in [4.78, 5) is 36.4. The summed E-state index contributed by atoms with van der Waals surface area (Å²) in [6.45, 7) is 0.595. The lowest BCUT2D eigenvalue weighted by Gasteiger charge is -2.20. The minimum Gasteiger partial charge on any atom is -0.320 e. The van der Waals surface area contributed by atoms with Crippen LogP contribution in [0, 0.1) is 10.1 Å². The number of nitro groups is 1. The van der Waals surface area contributed by atoms with Crippen LogP contribution in [0.4, 0.5) is 17.1 Å². The van der Waals surface area contributed by atoms with Gasteiger partial charge in [-0.25, -0.2) is 0 Å². The number of benzene rings is 2. The number of hydrogen-bond donors (Lipinski definition) is 1. The average molecular weight is 360 g/mol. The summed E-state index contributed by atoms with van der Waals surface area (Å²) in [5.74, 6) is -0.511. The van der Waals surface area contributed by atoms with Gasteiger partial charge in [-0.15, -0.1) is 0 Å².